The molecule has 7 nitrogen and oxygen atoms in total. The predicted octanol–water partition coefficient (Wildman–Crippen LogP) is 3.87. The standard InChI is InChI=1S/C23H26FN5O2S/c1-15-20(32-28-27-15)21(30)26-19-9-4-6-16(10-19)12-29(14-23(2,3)13-25)22(31)17-7-5-8-18(24)11-17/h4-11H,12-14,25H2,1-3H3,(H,26,30). The highest BCUT2D eigenvalue weighted by Gasteiger charge is 2.25. The summed E-state index contributed by atoms with van der Waals surface area (Å²) in [5.74, 6) is -1.04. The number of amides is 2. The van der Waals surface area contributed by atoms with Crippen molar-refractivity contribution < 1.29 is 14.0 Å². The molecule has 0 atom stereocenters. The zero-order valence-corrected chi connectivity index (χ0v) is 19.1. The van der Waals surface area contributed by atoms with Crippen molar-refractivity contribution in [2.24, 2.45) is 11.1 Å². The van der Waals surface area contributed by atoms with E-state index in [4.69, 9.17) is 5.73 Å². The molecule has 3 N–H and O–H groups in total. The van der Waals surface area contributed by atoms with Gasteiger partial charge in [0.25, 0.3) is 11.8 Å². The van der Waals surface area contributed by atoms with Gasteiger partial charge >= 0.3 is 0 Å². The van der Waals surface area contributed by atoms with Crippen molar-refractivity contribution in [1.29, 1.82) is 0 Å². The van der Waals surface area contributed by atoms with Crippen LogP contribution in [0.15, 0.2) is 48.5 Å². The van der Waals surface area contributed by atoms with E-state index in [0.717, 1.165) is 17.1 Å². The number of anilines is 1. The van der Waals surface area contributed by atoms with Crippen LogP contribution in [0.4, 0.5) is 10.1 Å². The molecule has 0 aliphatic rings. The van der Waals surface area contributed by atoms with Gasteiger partial charge in [0.05, 0.1) is 5.69 Å². The summed E-state index contributed by atoms with van der Waals surface area (Å²) in [6, 6.07) is 12.9. The molecule has 3 rings (SSSR count). The molecule has 0 radical (unpaired) electrons. The second kappa shape index (κ2) is 9.97. The fourth-order valence-corrected chi connectivity index (χ4v) is 3.73. The number of aromatic nitrogens is 2. The third-order valence-electron chi connectivity index (χ3n) is 4.95. The largest absolute Gasteiger partial charge is 0.334 e. The molecule has 0 aliphatic heterocycles. The zero-order chi connectivity index (χ0) is 23.3. The molecule has 0 spiro atoms. The van der Waals surface area contributed by atoms with E-state index < -0.39 is 5.82 Å². The first-order valence-electron chi connectivity index (χ1n) is 10.1. The van der Waals surface area contributed by atoms with Crippen LogP contribution in [0.2, 0.25) is 0 Å². The number of carbonyl (C=O) groups is 2. The topological polar surface area (TPSA) is 101 Å². The molecular weight excluding hydrogens is 429 g/mol. The average molecular weight is 456 g/mol. The molecule has 0 bridgehead atoms. The van der Waals surface area contributed by atoms with Crippen molar-refractivity contribution in [3.05, 3.63) is 76.0 Å². The van der Waals surface area contributed by atoms with Crippen molar-refractivity contribution in [3.8, 4) is 0 Å². The predicted molar refractivity (Wildman–Crippen MR) is 123 cm³/mol. The number of hydrogen-bond donors (Lipinski definition) is 2. The highest BCUT2D eigenvalue weighted by molar-refractivity contribution is 7.08. The first-order chi connectivity index (χ1) is 15.2. The molecule has 1 aromatic heterocycles. The molecule has 2 aromatic carbocycles. The van der Waals surface area contributed by atoms with Crippen LogP contribution in [0.5, 0.6) is 0 Å². The summed E-state index contributed by atoms with van der Waals surface area (Å²) in [6.45, 7) is 6.73. The molecule has 2 amide bonds. The van der Waals surface area contributed by atoms with Gasteiger partial charge in [-0.05, 0) is 66.3 Å². The molecule has 32 heavy (non-hydrogen) atoms. The third kappa shape index (κ3) is 5.95. The third-order valence-corrected chi connectivity index (χ3v) is 5.77. The highest BCUT2D eigenvalue weighted by Crippen LogP contribution is 2.22. The first kappa shape index (κ1) is 23.5. The van der Waals surface area contributed by atoms with E-state index >= 15 is 0 Å². The van der Waals surface area contributed by atoms with Gasteiger partial charge in [0.15, 0.2) is 0 Å². The van der Waals surface area contributed by atoms with Crippen molar-refractivity contribution in [1.82, 2.24) is 14.5 Å². The summed E-state index contributed by atoms with van der Waals surface area (Å²) in [5.41, 5.74) is 7.82. The van der Waals surface area contributed by atoms with Gasteiger partial charge in [0.1, 0.15) is 10.7 Å². The van der Waals surface area contributed by atoms with Crippen LogP contribution in [0, 0.1) is 18.2 Å². The lowest BCUT2D eigenvalue weighted by molar-refractivity contribution is 0.0672. The lowest BCUT2D eigenvalue weighted by Gasteiger charge is -2.32. The molecule has 168 valence electrons. The van der Waals surface area contributed by atoms with Crippen LogP contribution >= 0.6 is 11.5 Å². The number of carbonyl (C=O) groups excluding carboxylic acids is 2. The van der Waals surface area contributed by atoms with E-state index in [1.807, 2.05) is 32.0 Å². The SMILES string of the molecule is Cc1nnsc1C(=O)Nc1cccc(CN(CC(C)(C)CN)C(=O)c2cccc(F)c2)c1. The Morgan fingerprint density at radius 1 is 1.19 bits per heavy atom. The summed E-state index contributed by atoms with van der Waals surface area (Å²) >= 11 is 1.03. The van der Waals surface area contributed by atoms with Crippen molar-refractivity contribution in [2.75, 3.05) is 18.4 Å². The quantitative estimate of drug-likeness (QED) is 0.537. The fraction of sp³-hybridized carbons (Fsp3) is 0.304. The van der Waals surface area contributed by atoms with E-state index in [0.29, 0.717) is 29.3 Å². The van der Waals surface area contributed by atoms with E-state index in [-0.39, 0.29) is 29.3 Å². The monoisotopic (exact) mass is 455 g/mol. The molecule has 3 aromatic rings. The maximum Gasteiger partial charge on any atom is 0.269 e. The number of nitrogens with two attached hydrogens (primary N) is 1. The van der Waals surface area contributed by atoms with E-state index in [9.17, 15) is 14.0 Å². The summed E-state index contributed by atoms with van der Waals surface area (Å²) < 4.78 is 17.5. The number of hydrogen-bond acceptors (Lipinski definition) is 6. The van der Waals surface area contributed by atoms with Crippen LogP contribution in [-0.4, -0.2) is 39.4 Å². The van der Waals surface area contributed by atoms with Crippen LogP contribution in [0.25, 0.3) is 0 Å². The molecule has 0 fully saturated rings. The van der Waals surface area contributed by atoms with Gasteiger partial charge in [-0.3, -0.25) is 9.59 Å². The van der Waals surface area contributed by atoms with Gasteiger partial charge in [-0.15, -0.1) is 5.10 Å². The number of benzene rings is 2. The maximum atomic E-state index is 13.7. The minimum Gasteiger partial charge on any atom is -0.334 e. The average Bonchev–Trinajstić information content (AvgIpc) is 3.19. The minimum absolute atomic E-state index is 0.274. The maximum absolute atomic E-state index is 13.7. The van der Waals surface area contributed by atoms with Crippen LogP contribution < -0.4 is 11.1 Å². The second-order valence-electron chi connectivity index (χ2n) is 8.38. The normalized spacial score (nSPS) is 11.3. The number of nitrogens with zero attached hydrogens (tertiary/aromatic N) is 3. The minimum atomic E-state index is -0.466. The van der Waals surface area contributed by atoms with Crippen molar-refractivity contribution in [2.45, 2.75) is 27.3 Å². The Hall–Kier alpha value is -3.17. The lowest BCUT2D eigenvalue weighted by atomic mass is 9.92. The fourth-order valence-electron chi connectivity index (χ4n) is 3.18. The zero-order valence-electron chi connectivity index (χ0n) is 18.3. The molecular formula is C23H26FN5O2S. The van der Waals surface area contributed by atoms with E-state index in [1.165, 1.54) is 18.2 Å². The Morgan fingerprint density at radius 3 is 2.59 bits per heavy atom. The van der Waals surface area contributed by atoms with E-state index in [1.54, 1.807) is 24.0 Å². The summed E-state index contributed by atoms with van der Waals surface area (Å²) in [5, 5.41) is 6.70. The van der Waals surface area contributed by atoms with Crippen LogP contribution in [0.1, 0.15) is 45.1 Å². The molecule has 9 heteroatoms. The Balaban J connectivity index is 1.82. The summed E-state index contributed by atoms with van der Waals surface area (Å²) in [6.07, 6.45) is 0. The van der Waals surface area contributed by atoms with Crippen molar-refractivity contribution >= 4 is 29.0 Å². The first-order valence-corrected chi connectivity index (χ1v) is 10.9. The smallest absolute Gasteiger partial charge is 0.269 e. The molecule has 0 unspecified atom stereocenters. The molecule has 0 aliphatic carbocycles. The van der Waals surface area contributed by atoms with Crippen molar-refractivity contribution in [3.63, 3.8) is 0 Å². The van der Waals surface area contributed by atoms with Gasteiger partial charge in [-0.25, -0.2) is 4.39 Å². The van der Waals surface area contributed by atoms with E-state index in [2.05, 4.69) is 14.9 Å². The van der Waals surface area contributed by atoms with Gasteiger partial charge in [0, 0.05) is 24.3 Å². The Morgan fingerprint density at radius 2 is 1.94 bits per heavy atom. The molecule has 0 saturated carbocycles. The number of halogens is 1. The summed E-state index contributed by atoms with van der Waals surface area (Å²) in [4.78, 5) is 27.8. The Labute approximate surface area is 190 Å². The number of aryl methyl sites for hydroxylation is 1. The number of nitrogens with one attached hydrogen (secondary N) is 1. The van der Waals surface area contributed by atoms with Crippen LogP contribution in [0.3, 0.4) is 0 Å². The van der Waals surface area contributed by atoms with Crippen LogP contribution in [-0.2, 0) is 6.54 Å². The number of rotatable bonds is 8. The molecule has 0 saturated heterocycles. The Kier molecular flexibility index (Phi) is 7.32. The van der Waals surface area contributed by atoms with Gasteiger partial charge < -0.3 is 16.0 Å². The van der Waals surface area contributed by atoms with Gasteiger partial charge in [-0.2, -0.15) is 0 Å². The Bertz CT molecular complexity index is 1120. The second-order valence-corrected chi connectivity index (χ2v) is 9.14. The molecule has 1 heterocycles. The summed E-state index contributed by atoms with van der Waals surface area (Å²) in [7, 11) is 0. The van der Waals surface area contributed by atoms with Gasteiger partial charge in [-0.1, -0.05) is 36.5 Å². The lowest BCUT2D eigenvalue weighted by Crippen LogP contribution is -2.41. The highest BCUT2D eigenvalue weighted by atomic mass is 32.1. The van der Waals surface area contributed by atoms with Gasteiger partial charge in [0.2, 0.25) is 0 Å².